The van der Waals surface area contributed by atoms with Gasteiger partial charge in [0.15, 0.2) is 0 Å². The summed E-state index contributed by atoms with van der Waals surface area (Å²) in [5.41, 5.74) is 6.11. The van der Waals surface area contributed by atoms with E-state index in [0.29, 0.717) is 0 Å². The van der Waals surface area contributed by atoms with Crippen molar-refractivity contribution < 1.29 is 4.74 Å². The number of ether oxygens (including phenoxy) is 1. The quantitative estimate of drug-likeness (QED) is 0.485. The van der Waals surface area contributed by atoms with E-state index in [1.54, 1.807) is 7.11 Å². The highest BCUT2D eigenvalue weighted by molar-refractivity contribution is 5.88. The number of benzene rings is 3. The summed E-state index contributed by atoms with van der Waals surface area (Å²) in [4.78, 5) is 0. The minimum atomic E-state index is 0.888. The molecule has 0 fully saturated rings. The number of nitrogens with zero attached hydrogens (tertiary/aromatic N) is 1. The first-order chi connectivity index (χ1) is 11.8. The lowest BCUT2D eigenvalue weighted by atomic mass is 10.0. The van der Waals surface area contributed by atoms with Gasteiger partial charge in [-0.1, -0.05) is 54.6 Å². The van der Waals surface area contributed by atoms with Gasteiger partial charge in [0.2, 0.25) is 0 Å². The maximum atomic E-state index is 5.33. The van der Waals surface area contributed by atoms with E-state index in [1.807, 2.05) is 12.1 Å². The van der Waals surface area contributed by atoms with E-state index in [9.17, 15) is 0 Å². The minimum Gasteiger partial charge on any atom is -0.497 e. The molecule has 1 heterocycles. The first-order valence-corrected chi connectivity index (χ1v) is 8.05. The van der Waals surface area contributed by atoms with E-state index in [-0.39, 0.29) is 0 Å². The number of hydrogen-bond donors (Lipinski definition) is 0. The molecule has 118 valence electrons. The molecule has 0 radical (unpaired) electrons. The van der Waals surface area contributed by atoms with Gasteiger partial charge in [-0.25, -0.2) is 0 Å². The Morgan fingerprint density at radius 2 is 1.38 bits per heavy atom. The molecule has 0 amide bonds. The van der Waals surface area contributed by atoms with E-state index >= 15 is 0 Å². The molecule has 3 aromatic carbocycles. The molecule has 24 heavy (non-hydrogen) atoms. The topological polar surface area (TPSA) is 14.2 Å². The van der Waals surface area contributed by atoms with Gasteiger partial charge in [-0.3, -0.25) is 0 Å². The van der Waals surface area contributed by atoms with E-state index in [0.717, 1.165) is 5.75 Å². The maximum Gasteiger partial charge on any atom is 0.119 e. The van der Waals surface area contributed by atoms with Gasteiger partial charge in [-0.15, -0.1) is 0 Å². The van der Waals surface area contributed by atoms with Crippen LogP contribution in [0.1, 0.15) is 0 Å². The van der Waals surface area contributed by atoms with Gasteiger partial charge in [-0.2, -0.15) is 0 Å². The lowest BCUT2D eigenvalue weighted by molar-refractivity contribution is 0.415. The van der Waals surface area contributed by atoms with Crippen molar-refractivity contribution in [3.8, 4) is 28.1 Å². The molecule has 0 bridgehead atoms. The molecule has 4 rings (SSSR count). The molecule has 0 saturated heterocycles. The van der Waals surface area contributed by atoms with E-state index in [1.165, 1.54) is 33.3 Å². The van der Waals surface area contributed by atoms with E-state index in [4.69, 9.17) is 4.74 Å². The molecular weight excluding hydrogens is 294 g/mol. The predicted molar refractivity (Wildman–Crippen MR) is 100 cm³/mol. The van der Waals surface area contributed by atoms with Crippen LogP contribution in [0.4, 0.5) is 0 Å². The van der Waals surface area contributed by atoms with Crippen LogP contribution >= 0.6 is 0 Å². The third-order valence-corrected chi connectivity index (χ3v) is 4.54. The van der Waals surface area contributed by atoms with Crippen LogP contribution in [0.15, 0.2) is 78.9 Å². The fraction of sp³-hybridized carbons (Fsp3) is 0.0909. The molecule has 4 aromatic rings. The van der Waals surface area contributed by atoms with E-state index < -0.39 is 0 Å². The smallest absolute Gasteiger partial charge is 0.119 e. The van der Waals surface area contributed by atoms with Gasteiger partial charge < -0.3 is 9.30 Å². The fourth-order valence-corrected chi connectivity index (χ4v) is 3.20. The maximum absolute atomic E-state index is 5.33. The van der Waals surface area contributed by atoms with Crippen LogP contribution in [0.25, 0.3) is 33.3 Å². The number of aromatic nitrogens is 1. The third kappa shape index (κ3) is 2.46. The van der Waals surface area contributed by atoms with Crippen LogP contribution in [-0.2, 0) is 7.05 Å². The Kier molecular flexibility index (Phi) is 3.58. The Morgan fingerprint density at radius 1 is 0.708 bits per heavy atom. The van der Waals surface area contributed by atoms with Gasteiger partial charge in [0.05, 0.1) is 7.11 Å². The number of aryl methyl sites for hydroxylation is 1. The molecule has 0 atom stereocenters. The van der Waals surface area contributed by atoms with Gasteiger partial charge in [0.25, 0.3) is 0 Å². The number of methoxy groups -OCH3 is 1. The molecule has 0 aliphatic heterocycles. The second kappa shape index (κ2) is 5.89. The van der Waals surface area contributed by atoms with Crippen molar-refractivity contribution >= 4 is 10.9 Å². The Morgan fingerprint density at radius 3 is 2.08 bits per heavy atom. The van der Waals surface area contributed by atoms with Gasteiger partial charge >= 0.3 is 0 Å². The Hall–Kier alpha value is -3.00. The highest BCUT2D eigenvalue weighted by atomic mass is 16.5. The zero-order chi connectivity index (χ0) is 16.5. The highest BCUT2D eigenvalue weighted by Gasteiger charge is 2.09. The molecule has 0 N–H and O–H groups in total. The average molecular weight is 313 g/mol. The summed E-state index contributed by atoms with van der Waals surface area (Å²) >= 11 is 0. The van der Waals surface area contributed by atoms with Crippen LogP contribution in [0.3, 0.4) is 0 Å². The van der Waals surface area contributed by atoms with Crippen LogP contribution in [0.5, 0.6) is 5.75 Å². The summed E-state index contributed by atoms with van der Waals surface area (Å²) in [6.07, 6.45) is 0. The van der Waals surface area contributed by atoms with Crippen molar-refractivity contribution in [3.63, 3.8) is 0 Å². The molecule has 0 aliphatic rings. The van der Waals surface area contributed by atoms with Crippen LogP contribution in [0, 0.1) is 0 Å². The average Bonchev–Trinajstić information content (AvgIpc) is 2.98. The van der Waals surface area contributed by atoms with Crippen LogP contribution in [-0.4, -0.2) is 11.7 Å². The largest absolute Gasteiger partial charge is 0.497 e. The first kappa shape index (κ1) is 14.6. The minimum absolute atomic E-state index is 0.888. The highest BCUT2D eigenvalue weighted by Crippen LogP contribution is 2.31. The summed E-state index contributed by atoms with van der Waals surface area (Å²) in [7, 11) is 3.81. The predicted octanol–water partition coefficient (Wildman–Crippen LogP) is 5.52. The summed E-state index contributed by atoms with van der Waals surface area (Å²) < 4.78 is 7.56. The molecule has 0 unspecified atom stereocenters. The van der Waals surface area contributed by atoms with Crippen molar-refractivity contribution in [1.82, 2.24) is 4.57 Å². The molecule has 0 spiro atoms. The molecule has 2 heteroatoms. The SMILES string of the molecule is COc1ccc2c(c1)cc(-c1ccc(-c3ccccc3)cc1)n2C. The molecule has 2 nitrogen and oxygen atoms in total. The van der Waals surface area contributed by atoms with Crippen molar-refractivity contribution in [2.45, 2.75) is 0 Å². The van der Waals surface area contributed by atoms with Crippen LogP contribution in [0.2, 0.25) is 0 Å². The van der Waals surface area contributed by atoms with Gasteiger partial charge in [0, 0.05) is 23.6 Å². The van der Waals surface area contributed by atoms with Crippen molar-refractivity contribution in [3.05, 3.63) is 78.9 Å². The summed E-state index contributed by atoms with van der Waals surface area (Å²) in [6, 6.07) is 27.6. The second-order valence-electron chi connectivity index (χ2n) is 5.96. The van der Waals surface area contributed by atoms with E-state index in [2.05, 4.69) is 78.3 Å². The normalized spacial score (nSPS) is 10.9. The Balaban J connectivity index is 1.76. The summed E-state index contributed by atoms with van der Waals surface area (Å²) in [5.74, 6) is 0.888. The number of rotatable bonds is 3. The molecule has 1 aromatic heterocycles. The third-order valence-electron chi connectivity index (χ3n) is 4.54. The first-order valence-electron chi connectivity index (χ1n) is 8.05. The summed E-state index contributed by atoms with van der Waals surface area (Å²) in [6.45, 7) is 0. The zero-order valence-electron chi connectivity index (χ0n) is 13.9. The molecule has 0 saturated carbocycles. The second-order valence-corrected chi connectivity index (χ2v) is 5.96. The molecule has 0 aliphatic carbocycles. The number of hydrogen-bond acceptors (Lipinski definition) is 1. The van der Waals surface area contributed by atoms with Crippen molar-refractivity contribution in [1.29, 1.82) is 0 Å². The van der Waals surface area contributed by atoms with Gasteiger partial charge in [0.1, 0.15) is 5.75 Å². The molecular formula is C22H19NO. The van der Waals surface area contributed by atoms with Gasteiger partial charge in [-0.05, 0) is 41.0 Å². The standard InChI is InChI=1S/C22H19NO/c1-23-21-13-12-20(24-2)14-19(21)15-22(23)18-10-8-17(9-11-18)16-6-4-3-5-7-16/h3-15H,1-2H3. The lowest BCUT2D eigenvalue weighted by Crippen LogP contribution is -1.91. The van der Waals surface area contributed by atoms with Crippen LogP contribution < -0.4 is 4.74 Å². The zero-order valence-corrected chi connectivity index (χ0v) is 13.9. The monoisotopic (exact) mass is 313 g/mol. The Labute approximate surface area is 141 Å². The van der Waals surface area contributed by atoms with Crippen molar-refractivity contribution in [2.24, 2.45) is 7.05 Å². The van der Waals surface area contributed by atoms with Crippen molar-refractivity contribution in [2.75, 3.05) is 7.11 Å². The Bertz CT molecular complexity index is 982. The fourth-order valence-electron chi connectivity index (χ4n) is 3.20. The number of fused-ring (bicyclic) bond motifs is 1. The lowest BCUT2D eigenvalue weighted by Gasteiger charge is -2.07. The summed E-state index contributed by atoms with van der Waals surface area (Å²) in [5, 5.41) is 1.19.